The van der Waals surface area contributed by atoms with Crippen LogP contribution >= 0.6 is 11.6 Å². The minimum Gasteiger partial charge on any atom is -0.495 e. The number of carbonyl (C=O) groups excluding carboxylic acids is 1. The van der Waals surface area contributed by atoms with E-state index in [9.17, 15) is 14.7 Å². The van der Waals surface area contributed by atoms with Crippen molar-refractivity contribution in [3.8, 4) is 5.75 Å². The lowest BCUT2D eigenvalue weighted by Gasteiger charge is -2.20. The SMILES string of the molecule is CCC(C)[C@H](C(=O)O)c1c(C)n(C(=O)c2ccc(C)cc2)c2cc(Cl)c(OC)cc12. The number of methoxy groups -OCH3 is 1. The number of carboxylic acids is 1. The van der Waals surface area contributed by atoms with Crippen LogP contribution in [0.4, 0.5) is 0 Å². The lowest BCUT2D eigenvalue weighted by molar-refractivity contribution is -0.140. The van der Waals surface area contributed by atoms with E-state index in [1.54, 1.807) is 35.8 Å². The molecule has 0 aliphatic rings. The van der Waals surface area contributed by atoms with Crippen molar-refractivity contribution < 1.29 is 19.4 Å². The van der Waals surface area contributed by atoms with Crippen molar-refractivity contribution in [3.05, 3.63) is 63.8 Å². The summed E-state index contributed by atoms with van der Waals surface area (Å²) in [6, 6.07) is 10.7. The first-order valence-electron chi connectivity index (χ1n) is 9.93. The maximum atomic E-state index is 13.4. The summed E-state index contributed by atoms with van der Waals surface area (Å²) in [5, 5.41) is 11.1. The van der Waals surface area contributed by atoms with E-state index in [4.69, 9.17) is 16.3 Å². The Bertz CT molecular complexity index is 1110. The van der Waals surface area contributed by atoms with E-state index >= 15 is 0 Å². The molecule has 3 aromatic rings. The van der Waals surface area contributed by atoms with Crippen LogP contribution < -0.4 is 4.74 Å². The Morgan fingerprint density at radius 1 is 1.17 bits per heavy atom. The summed E-state index contributed by atoms with van der Waals surface area (Å²) in [6.07, 6.45) is 0.694. The van der Waals surface area contributed by atoms with Gasteiger partial charge in [-0.15, -0.1) is 0 Å². The Balaban J connectivity index is 2.36. The Kier molecular flexibility index (Phi) is 6.22. The van der Waals surface area contributed by atoms with Gasteiger partial charge in [-0.2, -0.15) is 0 Å². The van der Waals surface area contributed by atoms with Crippen LogP contribution in [0.1, 0.15) is 53.4 Å². The van der Waals surface area contributed by atoms with Gasteiger partial charge in [-0.3, -0.25) is 14.2 Å². The molecule has 0 amide bonds. The van der Waals surface area contributed by atoms with Gasteiger partial charge in [0, 0.05) is 16.6 Å². The summed E-state index contributed by atoms with van der Waals surface area (Å²) in [5.74, 6) is -1.56. The number of aromatic nitrogens is 1. The summed E-state index contributed by atoms with van der Waals surface area (Å²) in [5.41, 5.74) is 3.38. The van der Waals surface area contributed by atoms with Gasteiger partial charge < -0.3 is 9.84 Å². The second kappa shape index (κ2) is 8.52. The average Bonchev–Trinajstić information content (AvgIpc) is 2.98. The van der Waals surface area contributed by atoms with Gasteiger partial charge in [-0.05, 0) is 49.6 Å². The maximum Gasteiger partial charge on any atom is 0.311 e. The number of benzene rings is 2. The zero-order chi connectivity index (χ0) is 22.2. The summed E-state index contributed by atoms with van der Waals surface area (Å²) < 4.78 is 6.94. The fourth-order valence-corrected chi connectivity index (χ4v) is 4.20. The highest BCUT2D eigenvalue weighted by Crippen LogP contribution is 2.41. The van der Waals surface area contributed by atoms with Crippen LogP contribution in [-0.4, -0.2) is 28.7 Å². The number of aliphatic carboxylic acids is 1. The molecule has 6 heteroatoms. The van der Waals surface area contributed by atoms with Gasteiger partial charge in [-0.25, -0.2) is 0 Å². The molecular weight excluding hydrogens is 402 g/mol. The van der Waals surface area contributed by atoms with Crippen LogP contribution in [0.2, 0.25) is 5.02 Å². The standard InChI is InChI=1S/C24H26ClNO4/c1-6-14(3)21(24(28)29)22-15(4)26(23(27)16-9-7-13(2)8-10-16)19-12-18(25)20(30-5)11-17(19)22/h7-12,14,21H,6H2,1-5H3,(H,28,29)/t14?,21-/m0/s1. The second-order valence-electron chi connectivity index (χ2n) is 7.71. The van der Waals surface area contributed by atoms with Gasteiger partial charge in [-0.1, -0.05) is 49.6 Å². The number of rotatable bonds is 6. The summed E-state index contributed by atoms with van der Waals surface area (Å²) in [6.45, 7) is 7.62. The van der Waals surface area contributed by atoms with E-state index in [1.807, 2.05) is 32.9 Å². The zero-order valence-corrected chi connectivity index (χ0v) is 18.6. The predicted octanol–water partition coefficient (Wildman–Crippen LogP) is 5.82. The molecule has 3 rings (SSSR count). The van der Waals surface area contributed by atoms with Gasteiger partial charge in [0.05, 0.1) is 23.6 Å². The fourth-order valence-electron chi connectivity index (χ4n) is 3.96. The molecule has 0 bridgehead atoms. The van der Waals surface area contributed by atoms with Crippen molar-refractivity contribution in [3.63, 3.8) is 0 Å². The summed E-state index contributed by atoms with van der Waals surface area (Å²) in [7, 11) is 1.51. The molecule has 0 fully saturated rings. The molecule has 1 aromatic heterocycles. The molecule has 1 heterocycles. The third-order valence-corrected chi connectivity index (χ3v) is 6.11. The van der Waals surface area contributed by atoms with Crippen molar-refractivity contribution in [1.82, 2.24) is 4.57 Å². The minimum atomic E-state index is -0.914. The van der Waals surface area contributed by atoms with Crippen LogP contribution in [-0.2, 0) is 4.79 Å². The third-order valence-electron chi connectivity index (χ3n) is 5.82. The highest BCUT2D eigenvalue weighted by molar-refractivity contribution is 6.33. The highest BCUT2D eigenvalue weighted by atomic mass is 35.5. The Morgan fingerprint density at radius 2 is 1.80 bits per heavy atom. The number of hydrogen-bond acceptors (Lipinski definition) is 3. The van der Waals surface area contributed by atoms with E-state index < -0.39 is 11.9 Å². The fraction of sp³-hybridized carbons (Fsp3) is 0.333. The topological polar surface area (TPSA) is 68.5 Å². The van der Waals surface area contributed by atoms with Gasteiger partial charge >= 0.3 is 5.97 Å². The Hall–Kier alpha value is -2.79. The number of carbonyl (C=O) groups is 2. The first-order valence-corrected chi connectivity index (χ1v) is 10.3. The minimum absolute atomic E-state index is 0.114. The largest absolute Gasteiger partial charge is 0.495 e. The van der Waals surface area contributed by atoms with Crippen molar-refractivity contribution in [2.24, 2.45) is 5.92 Å². The van der Waals surface area contributed by atoms with Crippen LogP contribution in [0, 0.1) is 19.8 Å². The molecule has 0 aliphatic carbocycles. The van der Waals surface area contributed by atoms with Gasteiger partial charge in [0.15, 0.2) is 0 Å². The van der Waals surface area contributed by atoms with Crippen molar-refractivity contribution in [1.29, 1.82) is 0 Å². The van der Waals surface area contributed by atoms with Crippen LogP contribution in [0.3, 0.4) is 0 Å². The molecule has 0 saturated heterocycles. The number of fused-ring (bicyclic) bond motifs is 1. The molecule has 1 N–H and O–H groups in total. The number of carboxylic acid groups (broad SMARTS) is 1. The van der Waals surface area contributed by atoms with Gasteiger partial charge in [0.2, 0.25) is 0 Å². The number of hydrogen-bond donors (Lipinski definition) is 1. The smallest absolute Gasteiger partial charge is 0.311 e. The van der Waals surface area contributed by atoms with Crippen molar-refractivity contribution in [2.45, 2.75) is 40.0 Å². The van der Waals surface area contributed by atoms with E-state index in [2.05, 4.69) is 0 Å². The first kappa shape index (κ1) is 21.9. The van der Waals surface area contributed by atoms with E-state index in [0.29, 0.717) is 44.9 Å². The summed E-state index contributed by atoms with van der Waals surface area (Å²) >= 11 is 6.37. The number of halogens is 1. The van der Waals surface area contributed by atoms with Crippen molar-refractivity contribution >= 4 is 34.4 Å². The summed E-state index contributed by atoms with van der Waals surface area (Å²) in [4.78, 5) is 25.7. The number of aryl methyl sites for hydroxylation is 1. The highest BCUT2D eigenvalue weighted by Gasteiger charge is 2.33. The molecule has 0 spiro atoms. The molecule has 5 nitrogen and oxygen atoms in total. The Labute approximate surface area is 181 Å². The molecule has 2 atom stereocenters. The van der Waals surface area contributed by atoms with Crippen molar-refractivity contribution in [2.75, 3.05) is 7.11 Å². The molecule has 0 saturated carbocycles. The van der Waals surface area contributed by atoms with Crippen LogP contribution in [0.5, 0.6) is 5.75 Å². The quantitative estimate of drug-likeness (QED) is 0.537. The number of ether oxygens (including phenoxy) is 1. The predicted molar refractivity (Wildman–Crippen MR) is 119 cm³/mol. The maximum absolute atomic E-state index is 13.4. The van der Waals surface area contributed by atoms with E-state index in [0.717, 1.165) is 5.56 Å². The molecule has 0 radical (unpaired) electrons. The van der Waals surface area contributed by atoms with Gasteiger partial charge in [0.25, 0.3) is 5.91 Å². The Morgan fingerprint density at radius 3 is 2.33 bits per heavy atom. The molecular formula is C24H26ClNO4. The molecule has 30 heavy (non-hydrogen) atoms. The molecule has 158 valence electrons. The number of nitrogens with zero attached hydrogens (tertiary/aromatic N) is 1. The lowest BCUT2D eigenvalue weighted by Crippen LogP contribution is -2.21. The average molecular weight is 428 g/mol. The molecule has 2 aromatic carbocycles. The third kappa shape index (κ3) is 3.70. The zero-order valence-electron chi connectivity index (χ0n) is 17.8. The monoisotopic (exact) mass is 427 g/mol. The molecule has 1 unspecified atom stereocenters. The first-order chi connectivity index (χ1) is 14.2. The lowest BCUT2D eigenvalue weighted by atomic mass is 9.84. The van der Waals surface area contributed by atoms with Crippen LogP contribution in [0.15, 0.2) is 36.4 Å². The van der Waals surface area contributed by atoms with E-state index in [1.165, 1.54) is 7.11 Å². The second-order valence-corrected chi connectivity index (χ2v) is 8.12. The molecule has 0 aliphatic heterocycles. The van der Waals surface area contributed by atoms with Crippen LogP contribution in [0.25, 0.3) is 10.9 Å². The van der Waals surface area contributed by atoms with Gasteiger partial charge in [0.1, 0.15) is 5.75 Å². The van der Waals surface area contributed by atoms with E-state index in [-0.39, 0.29) is 11.8 Å². The normalized spacial score (nSPS) is 13.3.